The Morgan fingerprint density at radius 3 is 2.52 bits per heavy atom. The second kappa shape index (κ2) is 5.31. The summed E-state index contributed by atoms with van der Waals surface area (Å²) in [4.78, 5) is 20.8. The van der Waals surface area contributed by atoms with Gasteiger partial charge in [-0.2, -0.15) is 4.39 Å². The molecule has 1 heterocycles. The zero-order valence-corrected chi connectivity index (χ0v) is 10.8. The number of aromatic carboxylic acids is 1. The van der Waals surface area contributed by atoms with Crippen molar-refractivity contribution >= 4 is 11.7 Å². The van der Waals surface area contributed by atoms with Crippen molar-refractivity contribution in [1.82, 2.24) is 4.57 Å². The highest BCUT2D eigenvalue weighted by atomic mass is 19.1. The van der Waals surface area contributed by atoms with Crippen molar-refractivity contribution in [3.63, 3.8) is 0 Å². The van der Waals surface area contributed by atoms with Crippen molar-refractivity contribution in [2.75, 3.05) is 0 Å². The molecule has 0 aliphatic carbocycles. The molecule has 0 fully saturated rings. The summed E-state index contributed by atoms with van der Waals surface area (Å²) >= 11 is 0. The first-order valence-electron chi connectivity index (χ1n) is 5.93. The zero-order chi connectivity index (χ0) is 15.7. The first-order valence-corrected chi connectivity index (χ1v) is 5.93. The molecule has 0 bridgehead atoms. The molecule has 1 N–H and O–H groups in total. The summed E-state index contributed by atoms with van der Waals surface area (Å²) < 4.78 is 28.5. The third kappa shape index (κ3) is 2.47. The molecule has 0 atom stereocenters. The van der Waals surface area contributed by atoms with Crippen LogP contribution in [0, 0.1) is 21.7 Å². The van der Waals surface area contributed by atoms with Gasteiger partial charge >= 0.3 is 11.7 Å². The molecule has 2 rings (SSSR count). The molecule has 1 aromatic carbocycles. The fraction of sp³-hybridized carbons (Fsp3) is 0.154. The molecule has 8 heteroatoms. The van der Waals surface area contributed by atoms with Crippen LogP contribution in [0.3, 0.4) is 0 Å². The van der Waals surface area contributed by atoms with E-state index in [1.807, 2.05) is 0 Å². The predicted molar refractivity (Wildman–Crippen MR) is 69.1 cm³/mol. The molecule has 0 saturated carbocycles. The third-order valence-electron chi connectivity index (χ3n) is 3.03. The molecule has 0 saturated heterocycles. The smallest absolute Gasteiger partial charge is 0.352 e. The Bertz CT molecular complexity index is 740. The topological polar surface area (TPSA) is 85.4 Å². The average Bonchev–Trinajstić information content (AvgIpc) is 2.81. The Morgan fingerprint density at radius 2 is 2.00 bits per heavy atom. The van der Waals surface area contributed by atoms with Crippen LogP contribution in [0.4, 0.5) is 14.5 Å². The average molecular weight is 296 g/mol. The number of nitro groups is 1. The van der Waals surface area contributed by atoms with E-state index in [4.69, 9.17) is 5.11 Å². The van der Waals surface area contributed by atoms with Crippen LogP contribution in [0.25, 0.3) is 11.3 Å². The van der Waals surface area contributed by atoms with E-state index >= 15 is 0 Å². The van der Waals surface area contributed by atoms with E-state index in [-0.39, 0.29) is 23.5 Å². The largest absolute Gasteiger partial charge is 0.477 e. The molecule has 0 aliphatic rings. The molecule has 1 aromatic heterocycles. The number of carboxylic acid groups (broad SMARTS) is 1. The van der Waals surface area contributed by atoms with E-state index < -0.39 is 28.2 Å². The number of carboxylic acids is 1. The number of rotatable bonds is 4. The molecule has 0 amide bonds. The van der Waals surface area contributed by atoms with Gasteiger partial charge < -0.3 is 9.67 Å². The number of aromatic nitrogens is 1. The second-order valence-corrected chi connectivity index (χ2v) is 4.19. The van der Waals surface area contributed by atoms with Crippen LogP contribution in [0.5, 0.6) is 0 Å². The standard InChI is InChI=1S/C13H10F2N2O4/c1-2-16-10(3-4-11(16)13(18)19)7-5-12(17(20)21)9(15)6-8(7)14/h3-6H,2H2,1H3,(H,18,19). The molecule has 21 heavy (non-hydrogen) atoms. The fourth-order valence-corrected chi connectivity index (χ4v) is 2.10. The van der Waals surface area contributed by atoms with Crippen molar-refractivity contribution in [3.8, 4) is 11.3 Å². The van der Waals surface area contributed by atoms with Gasteiger partial charge in [0.25, 0.3) is 0 Å². The normalized spacial score (nSPS) is 10.6. The molecule has 0 aliphatic heterocycles. The summed E-state index contributed by atoms with van der Waals surface area (Å²) in [5, 5.41) is 19.8. The number of nitro benzene ring substituents is 1. The predicted octanol–water partition coefficient (Wildman–Crippen LogP) is 3.06. The quantitative estimate of drug-likeness (QED) is 0.694. The maximum atomic E-state index is 13.9. The van der Waals surface area contributed by atoms with Crippen LogP contribution in [-0.4, -0.2) is 20.6 Å². The maximum Gasteiger partial charge on any atom is 0.352 e. The lowest BCUT2D eigenvalue weighted by molar-refractivity contribution is -0.387. The van der Waals surface area contributed by atoms with E-state index in [1.54, 1.807) is 6.92 Å². The van der Waals surface area contributed by atoms with Gasteiger partial charge in [-0.1, -0.05) is 0 Å². The van der Waals surface area contributed by atoms with Gasteiger partial charge in [-0.25, -0.2) is 9.18 Å². The highest BCUT2D eigenvalue weighted by molar-refractivity contribution is 5.87. The summed E-state index contributed by atoms with van der Waals surface area (Å²) in [5.41, 5.74) is -1.04. The minimum Gasteiger partial charge on any atom is -0.477 e. The number of hydrogen-bond acceptors (Lipinski definition) is 3. The highest BCUT2D eigenvalue weighted by Crippen LogP contribution is 2.30. The Hall–Kier alpha value is -2.77. The minimum absolute atomic E-state index is 0.0844. The van der Waals surface area contributed by atoms with Crippen LogP contribution in [0.2, 0.25) is 0 Å². The summed E-state index contributed by atoms with van der Waals surface area (Å²) in [6.45, 7) is 1.86. The van der Waals surface area contributed by atoms with Crippen molar-refractivity contribution in [3.05, 3.63) is 51.7 Å². The van der Waals surface area contributed by atoms with E-state index in [1.165, 1.54) is 16.7 Å². The fourth-order valence-electron chi connectivity index (χ4n) is 2.10. The molecule has 0 spiro atoms. The Kier molecular flexibility index (Phi) is 3.70. The van der Waals surface area contributed by atoms with E-state index in [0.717, 1.165) is 6.07 Å². The first-order chi connectivity index (χ1) is 9.86. The molecular formula is C13H10F2N2O4. The summed E-state index contributed by atoms with van der Waals surface area (Å²) in [6, 6.07) is 3.77. The van der Waals surface area contributed by atoms with Crippen molar-refractivity contribution in [2.24, 2.45) is 0 Å². The Balaban J connectivity index is 2.70. The van der Waals surface area contributed by atoms with Gasteiger partial charge in [0.1, 0.15) is 11.5 Å². The maximum absolute atomic E-state index is 13.9. The third-order valence-corrected chi connectivity index (χ3v) is 3.03. The SMILES string of the molecule is CCn1c(C(=O)O)ccc1-c1cc([N+](=O)[O-])c(F)cc1F. The van der Waals surface area contributed by atoms with E-state index in [2.05, 4.69) is 0 Å². The first kappa shape index (κ1) is 14.6. The lowest BCUT2D eigenvalue weighted by Gasteiger charge is -2.10. The molecular weight excluding hydrogens is 286 g/mol. The van der Waals surface area contributed by atoms with Gasteiger partial charge in [0, 0.05) is 24.2 Å². The van der Waals surface area contributed by atoms with Crippen molar-refractivity contribution in [1.29, 1.82) is 0 Å². The molecule has 110 valence electrons. The highest BCUT2D eigenvalue weighted by Gasteiger charge is 2.22. The van der Waals surface area contributed by atoms with Crippen LogP contribution in [0.1, 0.15) is 17.4 Å². The van der Waals surface area contributed by atoms with Crippen molar-refractivity contribution < 1.29 is 23.6 Å². The van der Waals surface area contributed by atoms with E-state index in [0.29, 0.717) is 6.07 Å². The summed E-state index contributed by atoms with van der Waals surface area (Å²) in [6.07, 6.45) is 0. The Labute approximate surface area is 117 Å². The number of hydrogen-bond donors (Lipinski definition) is 1. The van der Waals surface area contributed by atoms with Gasteiger partial charge in [-0.05, 0) is 19.1 Å². The van der Waals surface area contributed by atoms with Crippen LogP contribution in [0.15, 0.2) is 24.3 Å². The van der Waals surface area contributed by atoms with Crippen molar-refractivity contribution in [2.45, 2.75) is 13.5 Å². The number of nitrogens with zero attached hydrogens (tertiary/aromatic N) is 2. The monoisotopic (exact) mass is 296 g/mol. The number of halogens is 2. The van der Waals surface area contributed by atoms with Crippen LogP contribution >= 0.6 is 0 Å². The number of benzene rings is 1. The lowest BCUT2D eigenvalue weighted by Crippen LogP contribution is -2.09. The molecule has 6 nitrogen and oxygen atoms in total. The van der Waals surface area contributed by atoms with Gasteiger partial charge in [0.15, 0.2) is 0 Å². The van der Waals surface area contributed by atoms with Crippen LogP contribution in [-0.2, 0) is 6.54 Å². The molecule has 2 aromatic rings. The van der Waals surface area contributed by atoms with Gasteiger partial charge in [0.2, 0.25) is 5.82 Å². The van der Waals surface area contributed by atoms with Gasteiger partial charge in [-0.15, -0.1) is 0 Å². The lowest BCUT2D eigenvalue weighted by atomic mass is 10.1. The van der Waals surface area contributed by atoms with E-state index in [9.17, 15) is 23.7 Å². The Morgan fingerprint density at radius 1 is 1.33 bits per heavy atom. The molecule has 0 radical (unpaired) electrons. The minimum atomic E-state index is -1.28. The summed E-state index contributed by atoms with van der Waals surface area (Å²) in [5.74, 6) is -3.49. The number of carbonyl (C=O) groups is 1. The second-order valence-electron chi connectivity index (χ2n) is 4.19. The van der Waals surface area contributed by atoms with Crippen LogP contribution < -0.4 is 0 Å². The zero-order valence-electron chi connectivity index (χ0n) is 10.8. The summed E-state index contributed by atoms with van der Waals surface area (Å²) in [7, 11) is 0. The van der Waals surface area contributed by atoms with Gasteiger partial charge in [-0.3, -0.25) is 10.1 Å². The van der Waals surface area contributed by atoms with Gasteiger partial charge in [0.05, 0.1) is 10.6 Å². The molecule has 0 unspecified atom stereocenters.